The van der Waals surface area contributed by atoms with E-state index in [2.05, 4.69) is 5.32 Å². The molecule has 18 heavy (non-hydrogen) atoms. The van der Waals surface area contributed by atoms with Crippen LogP contribution in [-0.2, 0) is 10.3 Å². The Labute approximate surface area is 106 Å². The zero-order valence-corrected chi connectivity index (χ0v) is 10.3. The van der Waals surface area contributed by atoms with Gasteiger partial charge in [-0.25, -0.2) is 0 Å². The van der Waals surface area contributed by atoms with E-state index in [1.807, 2.05) is 0 Å². The van der Waals surface area contributed by atoms with Gasteiger partial charge in [0.25, 0.3) is 0 Å². The fourth-order valence-corrected chi connectivity index (χ4v) is 2.86. The van der Waals surface area contributed by atoms with Gasteiger partial charge in [0.05, 0.1) is 0 Å². The van der Waals surface area contributed by atoms with Crippen molar-refractivity contribution >= 4 is 13.1 Å². The van der Waals surface area contributed by atoms with E-state index in [4.69, 9.17) is 17.0 Å². The fraction of sp³-hybridized carbons (Fsp3) is 0.462. The number of halogens is 1. The summed E-state index contributed by atoms with van der Waals surface area (Å²) in [5.74, 6) is 0.162. The van der Waals surface area contributed by atoms with Gasteiger partial charge in [0.15, 0.2) is 0 Å². The normalized spacial score (nSPS) is 20.6. The quantitative estimate of drug-likeness (QED) is 0.752. The van der Waals surface area contributed by atoms with Gasteiger partial charge in [-0.3, -0.25) is 0 Å². The predicted octanol–water partition coefficient (Wildman–Crippen LogP) is 1.09. The first-order chi connectivity index (χ1) is 8.66. The van der Waals surface area contributed by atoms with Crippen molar-refractivity contribution in [2.45, 2.75) is 18.4 Å². The van der Waals surface area contributed by atoms with E-state index in [9.17, 15) is 4.39 Å². The van der Waals surface area contributed by atoms with Crippen LogP contribution in [0.15, 0.2) is 12.1 Å². The molecule has 0 aromatic heterocycles. The standard InChI is InChI=1S/C13H14BFNO2/c1-17-8-6-9-11(10(15)7-8)13(18-12(9)14)2-4-16-5-3-13/h6-7,16H,2-5H2,1H3. The third-order valence-corrected chi connectivity index (χ3v) is 3.74. The third-order valence-electron chi connectivity index (χ3n) is 3.74. The van der Waals surface area contributed by atoms with Crippen LogP contribution in [0, 0.1) is 5.82 Å². The zero-order chi connectivity index (χ0) is 12.8. The van der Waals surface area contributed by atoms with Crippen molar-refractivity contribution in [3.63, 3.8) is 0 Å². The first-order valence-electron chi connectivity index (χ1n) is 6.07. The molecule has 0 unspecified atom stereocenters. The Morgan fingerprint density at radius 1 is 1.39 bits per heavy atom. The predicted molar refractivity (Wildman–Crippen MR) is 67.7 cm³/mol. The molecule has 1 radical (unpaired) electrons. The van der Waals surface area contributed by atoms with Crippen molar-refractivity contribution in [2.24, 2.45) is 0 Å². The minimum atomic E-state index is -0.596. The van der Waals surface area contributed by atoms with E-state index in [0.29, 0.717) is 22.5 Å². The van der Waals surface area contributed by atoms with Gasteiger partial charge in [-0.1, -0.05) is 0 Å². The molecule has 0 bridgehead atoms. The molecule has 2 aliphatic rings. The summed E-state index contributed by atoms with van der Waals surface area (Å²) in [6.45, 7) is 1.61. The first kappa shape index (κ1) is 11.7. The van der Waals surface area contributed by atoms with Crippen LogP contribution in [0.1, 0.15) is 24.0 Å². The maximum atomic E-state index is 14.3. The number of hydrogen-bond acceptors (Lipinski definition) is 3. The monoisotopic (exact) mass is 246 g/mol. The van der Waals surface area contributed by atoms with Gasteiger partial charge in [-0.2, -0.15) is 0 Å². The van der Waals surface area contributed by atoms with Crippen LogP contribution in [0.4, 0.5) is 4.39 Å². The average Bonchev–Trinajstić information content (AvgIpc) is 2.63. The van der Waals surface area contributed by atoms with Crippen LogP contribution in [0.25, 0.3) is 0 Å². The zero-order valence-electron chi connectivity index (χ0n) is 10.3. The van der Waals surface area contributed by atoms with E-state index in [1.165, 1.54) is 13.2 Å². The number of fused-ring (bicyclic) bond motifs is 2. The summed E-state index contributed by atoms with van der Waals surface area (Å²) in [6.07, 6.45) is 1.45. The van der Waals surface area contributed by atoms with E-state index in [-0.39, 0.29) is 5.82 Å². The van der Waals surface area contributed by atoms with Gasteiger partial charge >= 0.3 is 106 Å². The van der Waals surface area contributed by atoms with Gasteiger partial charge in [0, 0.05) is 0 Å². The molecule has 0 amide bonds. The molecule has 1 saturated heterocycles. The van der Waals surface area contributed by atoms with Crippen molar-refractivity contribution in [1.29, 1.82) is 0 Å². The molecule has 1 fully saturated rings. The Bertz CT molecular complexity index is 512. The summed E-state index contributed by atoms with van der Waals surface area (Å²) in [6, 6.07) is 3.13. The SMILES string of the molecule is [B]=C1OC2(CCNCC2)c2c(F)cc(OC)cc21. The second kappa shape index (κ2) is 4.09. The van der Waals surface area contributed by atoms with E-state index < -0.39 is 5.60 Å². The number of nitrogens with one attached hydrogen (secondary N) is 1. The van der Waals surface area contributed by atoms with Gasteiger partial charge in [0.2, 0.25) is 0 Å². The number of hydrogen-bond donors (Lipinski definition) is 1. The van der Waals surface area contributed by atoms with Crippen molar-refractivity contribution in [2.75, 3.05) is 20.2 Å². The third kappa shape index (κ3) is 1.57. The molecule has 3 nitrogen and oxygen atoms in total. The van der Waals surface area contributed by atoms with E-state index in [1.54, 1.807) is 6.07 Å². The average molecular weight is 246 g/mol. The molecular weight excluding hydrogens is 232 g/mol. The Morgan fingerprint density at radius 3 is 2.78 bits per heavy atom. The van der Waals surface area contributed by atoms with Crippen LogP contribution in [-0.4, -0.2) is 33.3 Å². The summed E-state index contributed by atoms with van der Waals surface area (Å²) < 4.78 is 25.2. The molecular formula is C13H14BFNO2. The summed E-state index contributed by atoms with van der Waals surface area (Å²) in [5, 5.41) is 3.25. The molecule has 5 heteroatoms. The van der Waals surface area contributed by atoms with Gasteiger partial charge in [-0.05, 0) is 0 Å². The molecule has 3 rings (SSSR count). The molecule has 1 aromatic carbocycles. The van der Waals surface area contributed by atoms with Crippen molar-refractivity contribution < 1.29 is 13.9 Å². The van der Waals surface area contributed by atoms with Crippen LogP contribution in [0.5, 0.6) is 5.75 Å². The van der Waals surface area contributed by atoms with Crippen molar-refractivity contribution in [3.8, 4) is 5.75 Å². The molecule has 0 saturated carbocycles. The summed E-state index contributed by atoms with van der Waals surface area (Å²) in [5.41, 5.74) is 0.918. The van der Waals surface area contributed by atoms with E-state index >= 15 is 0 Å². The summed E-state index contributed by atoms with van der Waals surface area (Å²) >= 11 is 0. The number of benzene rings is 1. The molecule has 1 aromatic rings. The minimum absolute atomic E-state index is 0.296. The first-order valence-corrected chi connectivity index (χ1v) is 6.07. The second-order valence-electron chi connectivity index (χ2n) is 4.74. The second-order valence-corrected chi connectivity index (χ2v) is 4.74. The van der Waals surface area contributed by atoms with E-state index in [0.717, 1.165) is 25.9 Å². The van der Waals surface area contributed by atoms with Gasteiger partial charge in [0.1, 0.15) is 0 Å². The number of piperidine rings is 1. The maximum absolute atomic E-state index is 14.3. The molecule has 2 aliphatic heterocycles. The van der Waals surface area contributed by atoms with Crippen LogP contribution in [0.2, 0.25) is 0 Å². The Morgan fingerprint density at radius 2 is 2.11 bits per heavy atom. The number of ether oxygens (including phenoxy) is 2. The van der Waals surface area contributed by atoms with Crippen LogP contribution < -0.4 is 10.1 Å². The number of rotatable bonds is 1. The molecule has 0 atom stereocenters. The van der Waals surface area contributed by atoms with Crippen molar-refractivity contribution in [3.05, 3.63) is 29.1 Å². The summed E-state index contributed by atoms with van der Waals surface area (Å²) in [4.78, 5) is 0. The topological polar surface area (TPSA) is 30.5 Å². The Kier molecular flexibility index (Phi) is 2.66. The number of methoxy groups -OCH3 is 1. The molecule has 1 spiro atoms. The van der Waals surface area contributed by atoms with Gasteiger partial charge in [-0.15, -0.1) is 0 Å². The van der Waals surface area contributed by atoms with Crippen LogP contribution in [0.3, 0.4) is 0 Å². The molecule has 1 N–H and O–H groups in total. The van der Waals surface area contributed by atoms with Gasteiger partial charge < -0.3 is 0 Å². The fourth-order valence-electron chi connectivity index (χ4n) is 2.86. The Balaban J connectivity index is 2.15. The Hall–Kier alpha value is -1.36. The molecule has 2 heterocycles. The molecule has 93 valence electrons. The summed E-state index contributed by atoms with van der Waals surface area (Å²) in [7, 11) is 7.40. The van der Waals surface area contributed by atoms with Crippen LogP contribution >= 0.6 is 0 Å². The molecule has 0 aliphatic carbocycles. The van der Waals surface area contributed by atoms with Crippen molar-refractivity contribution in [1.82, 2.24) is 5.32 Å².